The van der Waals surface area contributed by atoms with Gasteiger partial charge in [0.1, 0.15) is 0 Å². The van der Waals surface area contributed by atoms with Crippen molar-refractivity contribution in [3.63, 3.8) is 0 Å². The van der Waals surface area contributed by atoms with Crippen molar-refractivity contribution < 1.29 is 18.9 Å². The summed E-state index contributed by atoms with van der Waals surface area (Å²) in [5, 5.41) is 14.2. The molecule has 0 saturated carbocycles. The number of nitriles is 1. The summed E-state index contributed by atoms with van der Waals surface area (Å²) >= 11 is 0. The Hall–Kier alpha value is -3.37. The van der Waals surface area contributed by atoms with Gasteiger partial charge in [0.05, 0.1) is 28.4 Å². The second-order valence-electron chi connectivity index (χ2n) is 9.22. The highest BCUT2D eigenvalue weighted by Gasteiger charge is 2.28. The Morgan fingerprint density at radius 2 is 1.28 bits per heavy atom. The number of hydrogen-bond donors (Lipinski definition) is 0. The Kier molecular flexibility index (Phi) is 7.95. The van der Waals surface area contributed by atoms with E-state index in [9.17, 15) is 5.26 Å². The van der Waals surface area contributed by atoms with Gasteiger partial charge in [0.15, 0.2) is 29.2 Å². The van der Waals surface area contributed by atoms with E-state index in [1.54, 1.807) is 28.4 Å². The molecule has 3 aromatic carbocycles. The summed E-state index contributed by atoms with van der Waals surface area (Å²) in [6, 6.07) is 8.50. The maximum absolute atomic E-state index is 9.77. The number of ether oxygens (including phenoxy) is 4. The molecule has 0 radical (unpaired) electrons. The molecule has 1 aliphatic rings. The normalized spacial score (nSPS) is 15.5. The number of fused-ring (bicyclic) bond motifs is 3. The molecule has 7 heteroatoms. The maximum atomic E-state index is 9.77. The summed E-state index contributed by atoms with van der Waals surface area (Å²) in [7, 11) is 6.67. The van der Waals surface area contributed by atoms with E-state index in [2.05, 4.69) is 49.2 Å². The average molecular weight is 492 g/mol. The van der Waals surface area contributed by atoms with Gasteiger partial charge in [0, 0.05) is 19.1 Å². The summed E-state index contributed by atoms with van der Waals surface area (Å²) < 4.78 is 22.8. The van der Waals surface area contributed by atoms with Crippen molar-refractivity contribution in [3.05, 3.63) is 35.4 Å². The number of benzene rings is 3. The monoisotopic (exact) mass is 491 g/mol. The van der Waals surface area contributed by atoms with Crippen LogP contribution in [0.4, 0.5) is 0 Å². The number of nitrogens with zero attached hydrogens (tertiary/aromatic N) is 3. The minimum absolute atomic E-state index is 0.180. The largest absolute Gasteiger partial charge is 0.493 e. The molecule has 0 bridgehead atoms. The van der Waals surface area contributed by atoms with Crippen LogP contribution in [-0.2, 0) is 13.0 Å². The smallest absolute Gasteiger partial charge is 0.179 e. The quantitative estimate of drug-likeness (QED) is 0.279. The fourth-order valence-electron chi connectivity index (χ4n) is 5.53. The number of methoxy groups -OCH3 is 4. The summed E-state index contributed by atoms with van der Waals surface area (Å²) in [5.74, 6) is 2.77. The Morgan fingerprint density at radius 3 is 1.72 bits per heavy atom. The van der Waals surface area contributed by atoms with Crippen LogP contribution in [0.25, 0.3) is 21.5 Å². The molecular formula is C29H37N3O4. The first-order valence-electron chi connectivity index (χ1n) is 12.7. The first-order valence-corrected chi connectivity index (χ1v) is 12.7. The van der Waals surface area contributed by atoms with Crippen molar-refractivity contribution in [2.75, 3.05) is 48.1 Å². The molecule has 1 atom stereocenters. The van der Waals surface area contributed by atoms with Gasteiger partial charge in [0.25, 0.3) is 0 Å². The van der Waals surface area contributed by atoms with E-state index < -0.39 is 0 Å². The van der Waals surface area contributed by atoms with Crippen molar-refractivity contribution in [1.29, 1.82) is 5.26 Å². The summed E-state index contributed by atoms with van der Waals surface area (Å²) in [6.45, 7) is 7.90. The van der Waals surface area contributed by atoms with Crippen LogP contribution in [0.5, 0.6) is 23.0 Å². The molecule has 1 saturated heterocycles. The predicted octanol–water partition coefficient (Wildman–Crippen LogP) is 5.36. The second-order valence-corrected chi connectivity index (χ2v) is 9.22. The highest BCUT2D eigenvalue weighted by atomic mass is 16.5. The zero-order valence-electron chi connectivity index (χ0n) is 22.3. The van der Waals surface area contributed by atoms with Crippen LogP contribution < -0.4 is 18.9 Å². The lowest BCUT2D eigenvalue weighted by molar-refractivity contribution is 0.295. The molecule has 4 rings (SSSR count). The first-order chi connectivity index (χ1) is 17.5. The van der Waals surface area contributed by atoms with Gasteiger partial charge in [-0.15, -0.1) is 0 Å². The molecule has 0 aromatic heterocycles. The molecule has 7 nitrogen and oxygen atoms in total. The zero-order chi connectivity index (χ0) is 25.8. The maximum Gasteiger partial charge on any atom is 0.179 e. The van der Waals surface area contributed by atoms with E-state index in [0.717, 1.165) is 67.0 Å². The van der Waals surface area contributed by atoms with E-state index in [-0.39, 0.29) is 6.04 Å². The third-order valence-electron chi connectivity index (χ3n) is 7.57. The van der Waals surface area contributed by atoms with E-state index >= 15 is 0 Å². The summed E-state index contributed by atoms with van der Waals surface area (Å²) in [4.78, 5) is 4.37. The Balaban J connectivity index is 2.12. The van der Waals surface area contributed by atoms with E-state index in [0.29, 0.717) is 23.0 Å². The van der Waals surface area contributed by atoms with Crippen molar-refractivity contribution in [1.82, 2.24) is 9.80 Å². The van der Waals surface area contributed by atoms with Gasteiger partial charge in [-0.05, 0) is 89.3 Å². The van der Waals surface area contributed by atoms with Gasteiger partial charge < -0.3 is 23.8 Å². The number of rotatable bonds is 10. The van der Waals surface area contributed by atoms with Gasteiger partial charge in [0.2, 0.25) is 0 Å². The predicted molar refractivity (Wildman–Crippen MR) is 143 cm³/mol. The third kappa shape index (κ3) is 4.58. The highest BCUT2D eigenvalue weighted by Crippen LogP contribution is 2.44. The van der Waals surface area contributed by atoms with Crippen molar-refractivity contribution in [3.8, 4) is 29.2 Å². The highest BCUT2D eigenvalue weighted by molar-refractivity contribution is 6.12. The zero-order valence-corrected chi connectivity index (χ0v) is 22.3. The van der Waals surface area contributed by atoms with E-state index in [1.807, 2.05) is 4.90 Å². The lowest BCUT2D eigenvalue weighted by Crippen LogP contribution is -2.28. The molecule has 192 valence electrons. The summed E-state index contributed by atoms with van der Waals surface area (Å²) in [5.41, 5.74) is 2.52. The molecule has 0 spiro atoms. The molecule has 3 aromatic rings. The van der Waals surface area contributed by atoms with Crippen molar-refractivity contribution >= 4 is 21.5 Å². The van der Waals surface area contributed by atoms with Gasteiger partial charge in [-0.3, -0.25) is 4.90 Å². The van der Waals surface area contributed by atoms with Crippen LogP contribution in [0.15, 0.2) is 24.3 Å². The Morgan fingerprint density at radius 1 is 0.806 bits per heavy atom. The molecule has 0 N–H and O–H groups in total. The van der Waals surface area contributed by atoms with Crippen LogP contribution in [0, 0.1) is 11.5 Å². The first kappa shape index (κ1) is 25.7. The van der Waals surface area contributed by atoms with Gasteiger partial charge in [-0.1, -0.05) is 13.8 Å². The van der Waals surface area contributed by atoms with Crippen LogP contribution in [0.3, 0.4) is 0 Å². The molecule has 1 heterocycles. The van der Waals surface area contributed by atoms with E-state index in [1.165, 1.54) is 11.1 Å². The Labute approximate surface area is 214 Å². The van der Waals surface area contributed by atoms with E-state index in [4.69, 9.17) is 18.9 Å². The van der Waals surface area contributed by atoms with Crippen LogP contribution in [-0.4, -0.2) is 63.9 Å². The lowest BCUT2D eigenvalue weighted by Gasteiger charge is -2.27. The minimum Gasteiger partial charge on any atom is -0.493 e. The molecule has 1 fully saturated rings. The van der Waals surface area contributed by atoms with Crippen LogP contribution in [0.1, 0.15) is 37.8 Å². The SMILES string of the molecule is CCN(CC)Cc1c(C[C@@H]2CCCN2C#N)c2cc(OC)c(OC)cc2c2cc(OC)c(OC)cc12. The van der Waals surface area contributed by atoms with Gasteiger partial charge >= 0.3 is 0 Å². The van der Waals surface area contributed by atoms with Gasteiger partial charge in [-0.2, -0.15) is 5.26 Å². The lowest BCUT2D eigenvalue weighted by atomic mass is 9.87. The van der Waals surface area contributed by atoms with Crippen molar-refractivity contribution in [2.45, 2.75) is 45.7 Å². The topological polar surface area (TPSA) is 67.2 Å². The minimum atomic E-state index is 0.180. The molecule has 0 aliphatic carbocycles. The third-order valence-corrected chi connectivity index (χ3v) is 7.57. The van der Waals surface area contributed by atoms with Gasteiger partial charge in [-0.25, -0.2) is 0 Å². The molecule has 36 heavy (non-hydrogen) atoms. The number of hydrogen-bond acceptors (Lipinski definition) is 7. The molecule has 1 aliphatic heterocycles. The molecule has 0 unspecified atom stereocenters. The standard InChI is InChI=1S/C29H37N3O4/c1-7-31(8-2)17-25-20(12-19-10-9-11-32(19)18-30)21-13-26(33-3)27(34-4)14-22(21)23-15-28(35-5)29(36-6)16-24(23)25/h13-16,19H,7-12,17H2,1-6H3/t19-/m0/s1. The fraction of sp³-hybridized carbons (Fsp3) is 0.483. The van der Waals surface area contributed by atoms with Crippen molar-refractivity contribution in [2.24, 2.45) is 0 Å². The van der Waals surface area contributed by atoms with Crippen LogP contribution in [0.2, 0.25) is 0 Å². The Bertz CT molecular complexity index is 1280. The fourth-order valence-corrected chi connectivity index (χ4v) is 5.53. The molecule has 0 amide bonds. The molecular weight excluding hydrogens is 454 g/mol. The number of likely N-dealkylation sites (tertiary alicyclic amines) is 1. The second kappa shape index (κ2) is 11.1. The average Bonchev–Trinajstić information content (AvgIpc) is 3.38. The summed E-state index contributed by atoms with van der Waals surface area (Å²) in [6.07, 6.45) is 5.26. The van der Waals surface area contributed by atoms with Crippen LogP contribution >= 0.6 is 0 Å².